The van der Waals surface area contributed by atoms with Crippen molar-refractivity contribution >= 4 is 11.6 Å². The first-order valence-electron chi connectivity index (χ1n) is 6.27. The van der Waals surface area contributed by atoms with Crippen LogP contribution in [0.5, 0.6) is 5.75 Å². The molecular formula is C14H20ClNO2. The summed E-state index contributed by atoms with van der Waals surface area (Å²) >= 11 is 6.03. The molecule has 100 valence electrons. The fourth-order valence-electron chi connectivity index (χ4n) is 2.79. The van der Waals surface area contributed by atoms with Crippen molar-refractivity contribution in [2.45, 2.75) is 37.3 Å². The standard InChI is InChI=1S/C14H20ClNO2/c1-17-12-9-10(5-6-11(12)15)13(16)14(18-2)7-3-4-8-14/h5-6,9,13H,3-4,7-8,16H2,1-2H3. The molecule has 0 spiro atoms. The molecule has 4 heteroatoms. The average molecular weight is 270 g/mol. The molecule has 1 aromatic rings. The van der Waals surface area contributed by atoms with E-state index in [-0.39, 0.29) is 11.6 Å². The van der Waals surface area contributed by atoms with Gasteiger partial charge in [0.25, 0.3) is 0 Å². The minimum absolute atomic E-state index is 0.142. The second-order valence-electron chi connectivity index (χ2n) is 4.85. The third-order valence-electron chi connectivity index (χ3n) is 3.96. The van der Waals surface area contributed by atoms with E-state index in [1.54, 1.807) is 14.2 Å². The number of benzene rings is 1. The van der Waals surface area contributed by atoms with E-state index < -0.39 is 0 Å². The van der Waals surface area contributed by atoms with Crippen molar-refractivity contribution < 1.29 is 9.47 Å². The van der Waals surface area contributed by atoms with E-state index in [0.29, 0.717) is 10.8 Å². The van der Waals surface area contributed by atoms with Gasteiger partial charge < -0.3 is 15.2 Å². The first-order valence-corrected chi connectivity index (χ1v) is 6.65. The van der Waals surface area contributed by atoms with Crippen LogP contribution in [0.1, 0.15) is 37.3 Å². The van der Waals surface area contributed by atoms with Crippen LogP contribution in [-0.2, 0) is 4.74 Å². The minimum atomic E-state index is -0.237. The van der Waals surface area contributed by atoms with Gasteiger partial charge in [0, 0.05) is 7.11 Å². The highest BCUT2D eigenvalue weighted by Gasteiger charge is 2.40. The van der Waals surface area contributed by atoms with Crippen molar-refractivity contribution in [2.24, 2.45) is 5.73 Å². The van der Waals surface area contributed by atoms with Gasteiger partial charge in [-0.25, -0.2) is 0 Å². The molecule has 0 bridgehead atoms. The average Bonchev–Trinajstić information content (AvgIpc) is 2.88. The highest BCUT2D eigenvalue weighted by Crippen LogP contribution is 2.42. The highest BCUT2D eigenvalue weighted by atomic mass is 35.5. The molecule has 0 aliphatic heterocycles. The van der Waals surface area contributed by atoms with Gasteiger partial charge in [0.15, 0.2) is 0 Å². The molecule has 2 N–H and O–H groups in total. The molecule has 1 atom stereocenters. The Balaban J connectivity index is 2.30. The molecule has 1 fully saturated rings. The van der Waals surface area contributed by atoms with Crippen LogP contribution < -0.4 is 10.5 Å². The summed E-state index contributed by atoms with van der Waals surface area (Å²) in [6.45, 7) is 0. The van der Waals surface area contributed by atoms with E-state index in [1.165, 1.54) is 12.8 Å². The van der Waals surface area contributed by atoms with Gasteiger partial charge >= 0.3 is 0 Å². The Morgan fingerprint density at radius 1 is 1.28 bits per heavy atom. The Morgan fingerprint density at radius 2 is 1.94 bits per heavy atom. The lowest BCUT2D eigenvalue weighted by atomic mass is 9.87. The highest BCUT2D eigenvalue weighted by molar-refractivity contribution is 6.32. The molecular weight excluding hydrogens is 250 g/mol. The molecule has 0 aromatic heterocycles. The van der Waals surface area contributed by atoms with Crippen molar-refractivity contribution in [1.29, 1.82) is 0 Å². The van der Waals surface area contributed by atoms with Gasteiger partial charge in [0.2, 0.25) is 0 Å². The first kappa shape index (κ1) is 13.7. The Hall–Kier alpha value is -0.770. The van der Waals surface area contributed by atoms with Crippen LogP contribution in [0.4, 0.5) is 0 Å². The third kappa shape index (κ3) is 2.35. The van der Waals surface area contributed by atoms with E-state index in [1.807, 2.05) is 18.2 Å². The zero-order chi connectivity index (χ0) is 13.2. The minimum Gasteiger partial charge on any atom is -0.495 e. The largest absolute Gasteiger partial charge is 0.495 e. The van der Waals surface area contributed by atoms with Crippen molar-refractivity contribution in [3.8, 4) is 5.75 Å². The van der Waals surface area contributed by atoms with Gasteiger partial charge in [-0.15, -0.1) is 0 Å². The van der Waals surface area contributed by atoms with Gasteiger partial charge in [-0.3, -0.25) is 0 Å². The van der Waals surface area contributed by atoms with Crippen LogP contribution in [0.15, 0.2) is 18.2 Å². The van der Waals surface area contributed by atoms with Crippen LogP contribution in [0.2, 0.25) is 5.02 Å². The van der Waals surface area contributed by atoms with Crippen molar-refractivity contribution in [3.05, 3.63) is 28.8 Å². The summed E-state index contributed by atoms with van der Waals surface area (Å²) in [5.41, 5.74) is 7.17. The maximum Gasteiger partial charge on any atom is 0.137 e. The normalized spacial score (nSPS) is 19.8. The maximum absolute atomic E-state index is 6.40. The molecule has 1 aliphatic rings. The zero-order valence-corrected chi connectivity index (χ0v) is 11.7. The molecule has 1 aromatic carbocycles. The summed E-state index contributed by atoms with van der Waals surface area (Å²) in [4.78, 5) is 0. The van der Waals surface area contributed by atoms with Gasteiger partial charge in [-0.1, -0.05) is 30.5 Å². The van der Waals surface area contributed by atoms with E-state index in [2.05, 4.69) is 0 Å². The van der Waals surface area contributed by atoms with Gasteiger partial charge in [-0.2, -0.15) is 0 Å². The summed E-state index contributed by atoms with van der Waals surface area (Å²) in [5.74, 6) is 0.661. The van der Waals surface area contributed by atoms with Crippen LogP contribution in [-0.4, -0.2) is 19.8 Å². The first-order chi connectivity index (χ1) is 8.63. The molecule has 0 amide bonds. The van der Waals surface area contributed by atoms with E-state index in [0.717, 1.165) is 18.4 Å². The number of methoxy groups -OCH3 is 2. The van der Waals surface area contributed by atoms with E-state index >= 15 is 0 Å². The van der Waals surface area contributed by atoms with Gasteiger partial charge in [0.1, 0.15) is 5.75 Å². The maximum atomic E-state index is 6.40. The number of halogens is 1. The summed E-state index contributed by atoms with van der Waals surface area (Å²) in [6.07, 6.45) is 4.36. The predicted octanol–water partition coefficient (Wildman–Crippen LogP) is 3.31. The molecule has 1 aliphatic carbocycles. The monoisotopic (exact) mass is 269 g/mol. The molecule has 1 saturated carbocycles. The third-order valence-corrected chi connectivity index (χ3v) is 4.27. The number of hydrogen-bond acceptors (Lipinski definition) is 3. The zero-order valence-electron chi connectivity index (χ0n) is 10.9. The smallest absolute Gasteiger partial charge is 0.137 e. The number of nitrogens with two attached hydrogens (primary N) is 1. The molecule has 2 rings (SSSR count). The second-order valence-corrected chi connectivity index (χ2v) is 5.25. The second kappa shape index (κ2) is 5.47. The van der Waals surface area contributed by atoms with Crippen LogP contribution >= 0.6 is 11.6 Å². The molecule has 0 saturated heterocycles. The number of hydrogen-bond donors (Lipinski definition) is 1. The molecule has 0 radical (unpaired) electrons. The van der Waals surface area contributed by atoms with Crippen molar-refractivity contribution in [3.63, 3.8) is 0 Å². The predicted molar refractivity (Wildman–Crippen MR) is 73.1 cm³/mol. The summed E-state index contributed by atoms with van der Waals surface area (Å²) in [6, 6.07) is 5.55. The van der Waals surface area contributed by atoms with E-state index in [4.69, 9.17) is 26.8 Å². The quantitative estimate of drug-likeness (QED) is 0.912. The Morgan fingerprint density at radius 3 is 2.50 bits per heavy atom. The lowest BCUT2D eigenvalue weighted by Gasteiger charge is -2.34. The molecule has 0 heterocycles. The fourth-order valence-corrected chi connectivity index (χ4v) is 2.98. The number of rotatable bonds is 4. The van der Waals surface area contributed by atoms with Crippen LogP contribution in [0.25, 0.3) is 0 Å². The lowest BCUT2D eigenvalue weighted by Crippen LogP contribution is -2.40. The molecule has 1 unspecified atom stereocenters. The Bertz CT molecular complexity index is 416. The molecule has 18 heavy (non-hydrogen) atoms. The molecule has 3 nitrogen and oxygen atoms in total. The summed E-state index contributed by atoms with van der Waals surface area (Å²) in [7, 11) is 3.36. The lowest BCUT2D eigenvalue weighted by molar-refractivity contribution is -0.0264. The van der Waals surface area contributed by atoms with Crippen molar-refractivity contribution in [2.75, 3.05) is 14.2 Å². The number of ether oxygens (including phenoxy) is 2. The topological polar surface area (TPSA) is 44.5 Å². The van der Waals surface area contributed by atoms with Crippen molar-refractivity contribution in [1.82, 2.24) is 0 Å². The van der Waals surface area contributed by atoms with Gasteiger partial charge in [-0.05, 0) is 30.5 Å². The summed E-state index contributed by atoms with van der Waals surface area (Å²) in [5, 5.41) is 0.603. The van der Waals surface area contributed by atoms with Gasteiger partial charge in [0.05, 0.1) is 23.8 Å². The van der Waals surface area contributed by atoms with Crippen LogP contribution in [0.3, 0.4) is 0 Å². The van der Waals surface area contributed by atoms with E-state index in [9.17, 15) is 0 Å². The Labute approximate surface area is 113 Å². The fraction of sp³-hybridized carbons (Fsp3) is 0.571. The van der Waals surface area contributed by atoms with Crippen LogP contribution in [0, 0.1) is 0 Å². The SMILES string of the molecule is COc1cc(C(N)C2(OC)CCCC2)ccc1Cl. The Kier molecular flexibility index (Phi) is 4.15. The summed E-state index contributed by atoms with van der Waals surface area (Å²) < 4.78 is 11.0.